The molecule has 142 valence electrons. The number of benzene rings is 1. The molecule has 1 aromatic carbocycles. The smallest absolute Gasteiger partial charge is 0.175 e. The van der Waals surface area contributed by atoms with Crippen LogP contribution >= 0.6 is 0 Å². The molecule has 2 N–H and O–H groups in total. The highest BCUT2D eigenvalue weighted by atomic mass is 32.2. The zero-order valence-corrected chi connectivity index (χ0v) is 16.4. The monoisotopic (exact) mass is 387 g/mol. The average molecular weight is 387 g/mol. The van der Waals surface area contributed by atoms with E-state index in [0.717, 1.165) is 11.3 Å². The van der Waals surface area contributed by atoms with Gasteiger partial charge in [0.1, 0.15) is 17.4 Å². The van der Waals surface area contributed by atoms with Crippen LogP contribution in [0.5, 0.6) is 5.75 Å². The van der Waals surface area contributed by atoms with E-state index in [-0.39, 0.29) is 4.90 Å². The first-order valence-corrected chi connectivity index (χ1v) is 10.1. The Kier molecular flexibility index (Phi) is 5.13. The Bertz CT molecular complexity index is 1080. The van der Waals surface area contributed by atoms with Gasteiger partial charge in [0.15, 0.2) is 15.7 Å². The fourth-order valence-corrected chi connectivity index (χ4v) is 3.25. The van der Waals surface area contributed by atoms with Crippen LogP contribution in [0, 0.1) is 13.8 Å². The molecule has 0 aliphatic carbocycles. The Morgan fingerprint density at radius 1 is 1.22 bits per heavy atom. The first-order chi connectivity index (χ1) is 12.8. The molecular weight excluding hydrogens is 366 g/mol. The van der Waals surface area contributed by atoms with Gasteiger partial charge in [-0.2, -0.15) is 5.10 Å². The van der Waals surface area contributed by atoms with Crippen molar-refractivity contribution >= 4 is 21.5 Å². The van der Waals surface area contributed by atoms with E-state index in [1.165, 1.54) is 12.3 Å². The van der Waals surface area contributed by atoms with Gasteiger partial charge in [0.25, 0.3) is 0 Å². The number of methoxy groups -OCH3 is 1. The normalized spacial score (nSPS) is 11.4. The van der Waals surface area contributed by atoms with E-state index in [0.29, 0.717) is 35.2 Å². The highest BCUT2D eigenvalue weighted by Gasteiger charge is 2.14. The molecule has 0 amide bonds. The highest BCUT2D eigenvalue weighted by Crippen LogP contribution is 2.25. The third kappa shape index (κ3) is 4.25. The first kappa shape index (κ1) is 18.8. The summed E-state index contributed by atoms with van der Waals surface area (Å²) >= 11 is 0. The summed E-state index contributed by atoms with van der Waals surface area (Å²) < 4.78 is 29.0. The second kappa shape index (κ2) is 7.36. The third-order valence-corrected chi connectivity index (χ3v) is 5.34. The summed E-state index contributed by atoms with van der Waals surface area (Å²) in [6, 6.07) is 6.51. The van der Waals surface area contributed by atoms with Gasteiger partial charge < -0.3 is 10.1 Å². The fourth-order valence-electron chi connectivity index (χ4n) is 2.58. The summed E-state index contributed by atoms with van der Waals surface area (Å²) in [5.41, 5.74) is 2.69. The van der Waals surface area contributed by atoms with Crippen LogP contribution in [-0.4, -0.2) is 41.9 Å². The Balaban J connectivity index is 1.89. The molecule has 0 fully saturated rings. The first-order valence-electron chi connectivity index (χ1n) is 8.25. The minimum atomic E-state index is -3.31. The van der Waals surface area contributed by atoms with Gasteiger partial charge in [-0.05, 0) is 38.1 Å². The minimum Gasteiger partial charge on any atom is -0.496 e. The topological polar surface area (TPSA) is 110 Å². The number of anilines is 2. The molecule has 0 saturated carbocycles. The van der Waals surface area contributed by atoms with E-state index in [1.54, 1.807) is 31.5 Å². The Morgan fingerprint density at radius 3 is 2.63 bits per heavy atom. The van der Waals surface area contributed by atoms with Crippen molar-refractivity contribution in [2.24, 2.45) is 0 Å². The van der Waals surface area contributed by atoms with Crippen molar-refractivity contribution in [3.63, 3.8) is 0 Å². The highest BCUT2D eigenvalue weighted by molar-refractivity contribution is 7.90. The molecule has 0 saturated heterocycles. The van der Waals surface area contributed by atoms with Crippen LogP contribution in [-0.2, 0) is 16.3 Å². The number of aryl methyl sites for hydroxylation is 1. The number of H-pyrrole nitrogens is 1. The van der Waals surface area contributed by atoms with Crippen molar-refractivity contribution in [3.05, 3.63) is 53.1 Å². The molecule has 3 rings (SSSR count). The molecule has 27 heavy (non-hydrogen) atoms. The molecule has 2 heterocycles. The summed E-state index contributed by atoms with van der Waals surface area (Å²) in [5.74, 6) is 2.43. The van der Waals surface area contributed by atoms with E-state index in [2.05, 4.69) is 25.5 Å². The standard InChI is InChI=1S/C18H21N5O3S/c1-11-12(2)22-23-18(11)21-16-7-8-19-17(20-16)10-13-9-14(27(4,24)25)5-6-15(13)26-3/h5-9H,10H2,1-4H3,(H2,19,20,21,22,23). The largest absolute Gasteiger partial charge is 0.496 e. The number of nitrogens with one attached hydrogen (secondary N) is 2. The predicted molar refractivity (Wildman–Crippen MR) is 102 cm³/mol. The van der Waals surface area contributed by atoms with Crippen LogP contribution < -0.4 is 10.1 Å². The van der Waals surface area contributed by atoms with Crippen LogP contribution in [0.25, 0.3) is 0 Å². The van der Waals surface area contributed by atoms with Gasteiger partial charge >= 0.3 is 0 Å². The molecule has 9 heteroatoms. The van der Waals surface area contributed by atoms with Gasteiger partial charge in [-0.15, -0.1) is 0 Å². The van der Waals surface area contributed by atoms with Crippen molar-refractivity contribution < 1.29 is 13.2 Å². The fraction of sp³-hybridized carbons (Fsp3) is 0.278. The van der Waals surface area contributed by atoms with Gasteiger partial charge in [0, 0.05) is 35.7 Å². The van der Waals surface area contributed by atoms with Crippen LogP contribution in [0.1, 0.15) is 22.6 Å². The molecule has 0 aliphatic heterocycles. The summed E-state index contributed by atoms with van der Waals surface area (Å²) in [4.78, 5) is 9.02. The molecule has 0 unspecified atom stereocenters. The zero-order chi connectivity index (χ0) is 19.6. The average Bonchev–Trinajstić information content (AvgIpc) is 2.93. The van der Waals surface area contributed by atoms with Gasteiger partial charge in [0.05, 0.1) is 12.0 Å². The second-order valence-corrected chi connectivity index (χ2v) is 8.24. The molecule has 0 spiro atoms. The van der Waals surface area contributed by atoms with Gasteiger partial charge in [-0.3, -0.25) is 5.10 Å². The lowest BCUT2D eigenvalue weighted by Crippen LogP contribution is -2.04. The van der Waals surface area contributed by atoms with Gasteiger partial charge in [0.2, 0.25) is 0 Å². The van der Waals surface area contributed by atoms with E-state index in [9.17, 15) is 8.42 Å². The molecule has 0 aliphatic rings. The van der Waals surface area contributed by atoms with Gasteiger partial charge in [-0.25, -0.2) is 18.4 Å². The van der Waals surface area contributed by atoms with Crippen molar-refractivity contribution in [1.29, 1.82) is 0 Å². The zero-order valence-electron chi connectivity index (χ0n) is 15.6. The molecule has 0 atom stereocenters. The maximum absolute atomic E-state index is 11.8. The molecule has 0 radical (unpaired) electrons. The predicted octanol–water partition coefficient (Wildman–Crippen LogP) is 2.56. The molecule has 0 bridgehead atoms. The van der Waals surface area contributed by atoms with Crippen LogP contribution in [0.15, 0.2) is 35.4 Å². The molecule has 3 aromatic rings. The van der Waals surface area contributed by atoms with Crippen molar-refractivity contribution in [2.75, 3.05) is 18.7 Å². The second-order valence-electron chi connectivity index (χ2n) is 6.23. The molecular formula is C18H21N5O3S. The van der Waals surface area contributed by atoms with E-state index >= 15 is 0 Å². The minimum absolute atomic E-state index is 0.232. The lowest BCUT2D eigenvalue weighted by atomic mass is 10.1. The summed E-state index contributed by atoms with van der Waals surface area (Å²) in [6.45, 7) is 3.91. The number of hydrogen-bond acceptors (Lipinski definition) is 7. The number of sulfone groups is 1. The Morgan fingerprint density at radius 2 is 2.00 bits per heavy atom. The van der Waals surface area contributed by atoms with Crippen molar-refractivity contribution in [2.45, 2.75) is 25.2 Å². The van der Waals surface area contributed by atoms with E-state index in [1.807, 2.05) is 13.8 Å². The lowest BCUT2D eigenvalue weighted by Gasteiger charge is -2.10. The third-order valence-electron chi connectivity index (χ3n) is 4.23. The number of rotatable bonds is 6. The van der Waals surface area contributed by atoms with Crippen LogP contribution in [0.2, 0.25) is 0 Å². The quantitative estimate of drug-likeness (QED) is 0.669. The van der Waals surface area contributed by atoms with Gasteiger partial charge in [-0.1, -0.05) is 0 Å². The summed E-state index contributed by atoms with van der Waals surface area (Å²) in [6.07, 6.45) is 3.15. The summed E-state index contributed by atoms with van der Waals surface area (Å²) in [5, 5.41) is 10.3. The lowest BCUT2D eigenvalue weighted by molar-refractivity contribution is 0.410. The number of nitrogens with zero attached hydrogens (tertiary/aromatic N) is 3. The maximum Gasteiger partial charge on any atom is 0.175 e. The number of aromatic amines is 1. The van der Waals surface area contributed by atoms with Crippen LogP contribution in [0.3, 0.4) is 0 Å². The number of ether oxygens (including phenoxy) is 1. The Hall–Kier alpha value is -2.94. The van der Waals surface area contributed by atoms with E-state index < -0.39 is 9.84 Å². The van der Waals surface area contributed by atoms with Crippen molar-refractivity contribution in [1.82, 2.24) is 20.2 Å². The summed E-state index contributed by atoms with van der Waals surface area (Å²) in [7, 11) is -1.77. The number of hydrogen-bond donors (Lipinski definition) is 2. The molecule has 8 nitrogen and oxygen atoms in total. The number of aromatic nitrogens is 4. The molecule has 2 aromatic heterocycles. The maximum atomic E-state index is 11.8. The van der Waals surface area contributed by atoms with Crippen LogP contribution in [0.4, 0.5) is 11.6 Å². The van der Waals surface area contributed by atoms with Crippen molar-refractivity contribution in [3.8, 4) is 5.75 Å². The van der Waals surface area contributed by atoms with E-state index in [4.69, 9.17) is 4.74 Å². The Labute approximate surface area is 157 Å². The SMILES string of the molecule is COc1ccc(S(C)(=O)=O)cc1Cc1nccc(Nc2n[nH]c(C)c2C)n1.